The van der Waals surface area contributed by atoms with Gasteiger partial charge in [-0.25, -0.2) is 4.99 Å². The maximum Gasteiger partial charge on any atom is 0.403 e. The Kier molecular flexibility index (Phi) is 10.9. The summed E-state index contributed by atoms with van der Waals surface area (Å²) >= 11 is 0. The molecular weight excluding hydrogens is 510 g/mol. The van der Waals surface area contributed by atoms with E-state index >= 15 is 0 Å². The van der Waals surface area contributed by atoms with Crippen molar-refractivity contribution in [2.24, 2.45) is 4.99 Å². The maximum absolute atomic E-state index is 12.9. The van der Waals surface area contributed by atoms with Crippen LogP contribution < -0.4 is 10.6 Å². The highest BCUT2D eigenvalue weighted by Gasteiger charge is 2.41. The molecule has 1 saturated heterocycles. The van der Waals surface area contributed by atoms with E-state index in [1.165, 1.54) is 11.8 Å². The standard InChI is InChI=1S/C20H30F3N5O.HI/c1-4-24-18(29)17-8-6-16(7-9-17)14-26-19(25-5-2)28-12-10-27(11-13-28)15(3)20(21,22)23;/h6-9,15H,4-5,10-14H2,1-3H3,(H,24,29)(H,25,26);1H. The SMILES string of the molecule is CCNC(=O)c1ccc(CN=C(NCC)N2CCN(C(C)C(F)(F)F)CC2)cc1.I. The zero-order valence-corrected chi connectivity index (χ0v) is 20.0. The van der Waals surface area contributed by atoms with Gasteiger partial charge in [0.25, 0.3) is 5.91 Å². The normalized spacial score (nSPS) is 16.6. The van der Waals surface area contributed by atoms with Crippen molar-refractivity contribution in [2.75, 3.05) is 39.3 Å². The third-order valence-corrected chi connectivity index (χ3v) is 4.93. The Labute approximate surface area is 193 Å². The smallest absolute Gasteiger partial charge is 0.357 e. The second-order valence-electron chi connectivity index (χ2n) is 6.97. The predicted molar refractivity (Wildman–Crippen MR) is 123 cm³/mol. The molecule has 1 fully saturated rings. The molecule has 1 atom stereocenters. The summed E-state index contributed by atoms with van der Waals surface area (Å²) in [5.41, 5.74) is 1.55. The van der Waals surface area contributed by atoms with Crippen molar-refractivity contribution in [1.82, 2.24) is 20.4 Å². The molecule has 0 aromatic heterocycles. The first-order valence-electron chi connectivity index (χ1n) is 9.97. The van der Waals surface area contributed by atoms with Crippen molar-refractivity contribution in [3.8, 4) is 0 Å². The van der Waals surface area contributed by atoms with Gasteiger partial charge < -0.3 is 15.5 Å². The van der Waals surface area contributed by atoms with Crippen molar-refractivity contribution in [3.05, 3.63) is 35.4 Å². The van der Waals surface area contributed by atoms with Crippen molar-refractivity contribution < 1.29 is 18.0 Å². The second kappa shape index (κ2) is 12.3. The minimum absolute atomic E-state index is 0. The highest BCUT2D eigenvalue weighted by Crippen LogP contribution is 2.25. The lowest BCUT2D eigenvalue weighted by molar-refractivity contribution is -0.181. The van der Waals surface area contributed by atoms with Gasteiger partial charge in [0, 0.05) is 44.8 Å². The average molecular weight is 541 g/mol. The number of piperazine rings is 1. The Bertz CT molecular complexity index is 689. The van der Waals surface area contributed by atoms with Crippen molar-refractivity contribution >= 4 is 35.8 Å². The molecule has 0 saturated carbocycles. The first-order valence-corrected chi connectivity index (χ1v) is 9.97. The Balaban J connectivity index is 0.00000450. The number of carbonyl (C=O) groups excluding carboxylic acids is 1. The van der Waals surface area contributed by atoms with Crippen LogP contribution in [-0.2, 0) is 6.54 Å². The van der Waals surface area contributed by atoms with Crippen LogP contribution in [0.5, 0.6) is 0 Å². The van der Waals surface area contributed by atoms with E-state index in [0.717, 1.165) is 5.56 Å². The van der Waals surface area contributed by atoms with Crippen LogP contribution in [-0.4, -0.2) is 73.2 Å². The number of carbonyl (C=O) groups is 1. The third kappa shape index (κ3) is 7.60. The summed E-state index contributed by atoms with van der Waals surface area (Å²) in [5, 5.41) is 5.97. The van der Waals surface area contributed by atoms with E-state index in [2.05, 4.69) is 15.6 Å². The average Bonchev–Trinajstić information content (AvgIpc) is 2.70. The van der Waals surface area contributed by atoms with Crippen LogP contribution in [0.2, 0.25) is 0 Å². The van der Waals surface area contributed by atoms with Crippen LogP contribution >= 0.6 is 24.0 Å². The number of aliphatic imine (C=N–C) groups is 1. The maximum atomic E-state index is 12.9. The number of nitrogens with zero attached hydrogens (tertiary/aromatic N) is 3. The highest BCUT2D eigenvalue weighted by molar-refractivity contribution is 14.0. The molecule has 170 valence electrons. The second-order valence-corrected chi connectivity index (χ2v) is 6.97. The fraction of sp³-hybridized carbons (Fsp3) is 0.600. The zero-order chi connectivity index (χ0) is 21.4. The summed E-state index contributed by atoms with van der Waals surface area (Å²) in [6.45, 7) is 8.37. The molecule has 0 spiro atoms. The molecule has 30 heavy (non-hydrogen) atoms. The van der Waals surface area contributed by atoms with Gasteiger partial charge in [0.05, 0.1) is 6.54 Å². The molecular formula is C20H31F3IN5O. The van der Waals surface area contributed by atoms with Crippen LogP contribution in [0, 0.1) is 0 Å². The lowest BCUT2D eigenvalue weighted by Gasteiger charge is -2.39. The Morgan fingerprint density at radius 1 is 1.07 bits per heavy atom. The van der Waals surface area contributed by atoms with Gasteiger partial charge >= 0.3 is 6.18 Å². The Hall–Kier alpha value is -1.56. The van der Waals surface area contributed by atoms with E-state index in [1.807, 2.05) is 30.9 Å². The Morgan fingerprint density at radius 2 is 1.63 bits per heavy atom. The number of nitrogens with one attached hydrogen (secondary N) is 2. The molecule has 1 unspecified atom stereocenters. The molecule has 0 radical (unpaired) electrons. The molecule has 1 heterocycles. The number of halogens is 4. The molecule has 2 N–H and O–H groups in total. The largest absolute Gasteiger partial charge is 0.403 e. The van der Waals surface area contributed by atoms with Gasteiger partial charge in [0.2, 0.25) is 0 Å². The van der Waals surface area contributed by atoms with Crippen molar-refractivity contribution in [2.45, 2.75) is 39.5 Å². The number of guanidine groups is 1. The molecule has 6 nitrogen and oxygen atoms in total. The topological polar surface area (TPSA) is 60.0 Å². The number of benzene rings is 1. The summed E-state index contributed by atoms with van der Waals surface area (Å²) < 4.78 is 38.8. The molecule has 1 aromatic rings. The summed E-state index contributed by atoms with van der Waals surface area (Å²) in [5.74, 6) is 0.585. The zero-order valence-electron chi connectivity index (χ0n) is 17.6. The van der Waals surface area contributed by atoms with Crippen LogP contribution in [0.4, 0.5) is 13.2 Å². The van der Waals surface area contributed by atoms with Crippen molar-refractivity contribution in [1.29, 1.82) is 0 Å². The van der Waals surface area contributed by atoms with E-state index < -0.39 is 12.2 Å². The molecule has 1 aliphatic heterocycles. The van der Waals surface area contributed by atoms with Gasteiger partial charge in [-0.3, -0.25) is 9.69 Å². The van der Waals surface area contributed by atoms with E-state index in [4.69, 9.17) is 0 Å². The van der Waals surface area contributed by atoms with E-state index in [1.54, 1.807) is 12.1 Å². The number of alkyl halides is 3. The quantitative estimate of drug-likeness (QED) is 0.331. The lowest BCUT2D eigenvalue weighted by Crippen LogP contribution is -2.56. The third-order valence-electron chi connectivity index (χ3n) is 4.93. The predicted octanol–water partition coefficient (Wildman–Crippen LogP) is 3.09. The Morgan fingerprint density at radius 3 is 2.13 bits per heavy atom. The fourth-order valence-corrected chi connectivity index (χ4v) is 3.14. The van der Waals surface area contributed by atoms with E-state index in [9.17, 15) is 18.0 Å². The van der Waals surface area contributed by atoms with Gasteiger partial charge in [-0.05, 0) is 38.5 Å². The molecule has 1 aromatic carbocycles. The molecule has 0 aliphatic carbocycles. The highest BCUT2D eigenvalue weighted by atomic mass is 127. The van der Waals surface area contributed by atoms with Crippen LogP contribution in [0.25, 0.3) is 0 Å². The summed E-state index contributed by atoms with van der Waals surface area (Å²) in [6, 6.07) is 5.81. The van der Waals surface area contributed by atoms with Gasteiger partial charge in [-0.2, -0.15) is 13.2 Å². The summed E-state index contributed by atoms with van der Waals surface area (Å²) in [4.78, 5) is 19.9. The fourth-order valence-electron chi connectivity index (χ4n) is 3.14. The van der Waals surface area contributed by atoms with Gasteiger partial charge in [-0.15, -0.1) is 24.0 Å². The summed E-state index contributed by atoms with van der Waals surface area (Å²) in [6.07, 6.45) is -4.21. The van der Waals surface area contributed by atoms with Gasteiger partial charge in [0.1, 0.15) is 6.04 Å². The van der Waals surface area contributed by atoms with Crippen LogP contribution in [0.1, 0.15) is 36.7 Å². The number of rotatable bonds is 6. The first kappa shape index (κ1) is 26.5. The van der Waals surface area contributed by atoms with Crippen LogP contribution in [0.15, 0.2) is 29.3 Å². The molecule has 0 bridgehead atoms. The number of hydrogen-bond acceptors (Lipinski definition) is 3. The summed E-state index contributed by atoms with van der Waals surface area (Å²) in [7, 11) is 0. The van der Waals surface area contributed by atoms with Crippen molar-refractivity contribution in [3.63, 3.8) is 0 Å². The van der Waals surface area contributed by atoms with Gasteiger partial charge in [0.15, 0.2) is 5.96 Å². The van der Waals surface area contributed by atoms with E-state index in [-0.39, 0.29) is 29.9 Å². The van der Waals surface area contributed by atoms with Gasteiger partial charge in [-0.1, -0.05) is 12.1 Å². The number of amides is 1. The molecule has 2 rings (SSSR count). The van der Waals surface area contributed by atoms with Crippen LogP contribution in [0.3, 0.4) is 0 Å². The lowest BCUT2D eigenvalue weighted by atomic mass is 10.1. The molecule has 10 heteroatoms. The minimum Gasteiger partial charge on any atom is -0.357 e. The first-order chi connectivity index (χ1) is 13.8. The molecule has 1 aliphatic rings. The number of hydrogen-bond donors (Lipinski definition) is 2. The molecule has 1 amide bonds. The monoisotopic (exact) mass is 541 g/mol. The van der Waals surface area contributed by atoms with E-state index in [0.29, 0.717) is 57.3 Å². The minimum atomic E-state index is -4.21.